The van der Waals surface area contributed by atoms with Gasteiger partial charge in [-0.25, -0.2) is 0 Å². The predicted molar refractivity (Wildman–Crippen MR) is 28.7 cm³/mol. The summed E-state index contributed by atoms with van der Waals surface area (Å²) < 4.78 is 8.52. The van der Waals surface area contributed by atoms with Crippen molar-refractivity contribution in [3.05, 3.63) is 0 Å². The first-order chi connectivity index (χ1) is 4.15. The molecule has 0 spiro atoms. The standard InChI is InChI=1S/C4H9.Ni.H3O3P/c1-3-4-2;;1-4(2)3/h1,3-4H2,2H3;;4H,(H2,1,2,3)/q;+2;/p-2. The summed E-state index contributed by atoms with van der Waals surface area (Å²) in [6.45, 7) is 2.15. The van der Waals surface area contributed by atoms with Crippen LogP contribution in [0.25, 0.3) is 0 Å². The molecule has 0 heterocycles. The van der Waals surface area contributed by atoms with Gasteiger partial charge in [0.2, 0.25) is 0 Å². The van der Waals surface area contributed by atoms with Crippen LogP contribution in [-0.2, 0) is 20.0 Å². The molecule has 0 aromatic heterocycles. The number of rotatable bonds is 2. The second kappa shape index (κ2) is 11.4. The molecule has 0 radical (unpaired) electrons. The van der Waals surface area contributed by atoms with Crippen LogP contribution in [0.5, 0.6) is 0 Å². The molecule has 0 rings (SSSR count). The van der Waals surface area contributed by atoms with Crippen molar-refractivity contribution in [2.24, 2.45) is 0 Å². The van der Waals surface area contributed by atoms with E-state index >= 15 is 0 Å². The minimum absolute atomic E-state index is 0.969. The van der Waals surface area contributed by atoms with E-state index in [4.69, 9.17) is 14.4 Å². The Kier molecular flexibility index (Phi) is 15.7. The van der Waals surface area contributed by atoms with E-state index in [2.05, 4.69) is 22.4 Å². The van der Waals surface area contributed by atoms with Crippen LogP contribution in [0, 0.1) is 0 Å². The van der Waals surface area contributed by atoms with Crippen molar-refractivity contribution in [1.29, 1.82) is 0 Å². The van der Waals surface area contributed by atoms with Crippen LogP contribution < -0.4 is 9.79 Å². The van der Waals surface area contributed by atoms with Crippen LogP contribution in [0.3, 0.4) is 0 Å². The van der Waals surface area contributed by atoms with Crippen molar-refractivity contribution in [3.8, 4) is 0 Å². The molecule has 0 atom stereocenters. The van der Waals surface area contributed by atoms with Crippen molar-refractivity contribution >= 4 is 8.25 Å². The maximum absolute atomic E-state index is 8.52. The molecule has 0 bridgehead atoms. The van der Waals surface area contributed by atoms with Gasteiger partial charge >= 0.3 is 40.6 Å². The molecule has 0 aromatic rings. The van der Waals surface area contributed by atoms with E-state index in [1.165, 1.54) is 12.8 Å². The molecule has 0 fully saturated rings. The van der Waals surface area contributed by atoms with Gasteiger partial charge in [-0.15, -0.1) is 0 Å². The maximum Gasteiger partial charge on any atom is -0.0813 e. The smallest absolute Gasteiger partial charge is 0.0813 e. The first kappa shape index (κ1) is 12.3. The fourth-order valence-corrected chi connectivity index (χ4v) is 0.461. The maximum atomic E-state index is 8.52. The van der Waals surface area contributed by atoms with Crippen molar-refractivity contribution in [2.75, 3.05) is 0 Å². The summed E-state index contributed by atoms with van der Waals surface area (Å²) in [5.74, 6) is 0. The molecule has 59 valence electrons. The molecule has 0 N–H and O–H groups in total. The largest absolute Gasteiger partial charge is 0.813 e. The van der Waals surface area contributed by atoms with Gasteiger partial charge in [-0.05, 0) is 0 Å². The molecule has 0 saturated heterocycles. The van der Waals surface area contributed by atoms with Gasteiger partial charge in [0.05, 0.1) is 0 Å². The Bertz CT molecular complexity index is 62.8. The molecular formula is C4H10NiO3P. The zero-order valence-electron chi connectivity index (χ0n) is 5.16. The third-order valence-electron chi connectivity index (χ3n) is 0.465. The Morgan fingerprint density at radius 3 is 1.89 bits per heavy atom. The molecular weight excluding hydrogens is 186 g/mol. The first-order valence-electron chi connectivity index (χ1n) is 2.54. The zero-order chi connectivity index (χ0) is 7.70. The fourth-order valence-electron chi connectivity index (χ4n) is 0.112. The van der Waals surface area contributed by atoms with Gasteiger partial charge in [-0.1, -0.05) is 8.25 Å². The van der Waals surface area contributed by atoms with Gasteiger partial charge in [-0.2, -0.15) is 0 Å². The number of hydrogen-bond acceptors (Lipinski definition) is 3. The van der Waals surface area contributed by atoms with Crippen molar-refractivity contribution in [1.82, 2.24) is 0 Å². The normalized spacial score (nSPS) is 8.56. The van der Waals surface area contributed by atoms with Crippen molar-refractivity contribution < 1.29 is 29.8 Å². The van der Waals surface area contributed by atoms with Gasteiger partial charge in [0.1, 0.15) is 0 Å². The molecule has 0 aliphatic carbocycles. The third-order valence-corrected chi connectivity index (χ3v) is 0.815. The first-order valence-corrected chi connectivity index (χ1v) is 4.47. The van der Waals surface area contributed by atoms with Crippen molar-refractivity contribution in [2.45, 2.75) is 25.2 Å². The van der Waals surface area contributed by atoms with Crippen LogP contribution in [0.1, 0.15) is 19.8 Å². The van der Waals surface area contributed by atoms with E-state index in [-0.39, 0.29) is 0 Å². The average Bonchev–Trinajstić information content (AvgIpc) is 1.66. The summed E-state index contributed by atoms with van der Waals surface area (Å²) in [6.07, 6.45) is 2.47. The summed E-state index contributed by atoms with van der Waals surface area (Å²) in [5, 5.41) is 0.969. The quantitative estimate of drug-likeness (QED) is 0.455. The Labute approximate surface area is 63.8 Å². The molecule has 0 aliphatic rings. The predicted octanol–water partition coefficient (Wildman–Crippen LogP) is -0.152. The van der Waals surface area contributed by atoms with Crippen LogP contribution in [0.4, 0.5) is 0 Å². The van der Waals surface area contributed by atoms with Crippen molar-refractivity contribution in [3.63, 3.8) is 0 Å². The van der Waals surface area contributed by atoms with Gasteiger partial charge in [-0.3, -0.25) is 0 Å². The fraction of sp³-hybridized carbons (Fsp3) is 1.00. The second-order valence-electron chi connectivity index (χ2n) is 1.26. The zero-order valence-corrected chi connectivity index (χ0v) is 7.15. The molecule has 3 nitrogen and oxygen atoms in total. The van der Waals surface area contributed by atoms with Gasteiger partial charge < -0.3 is 14.4 Å². The van der Waals surface area contributed by atoms with E-state index in [9.17, 15) is 0 Å². The van der Waals surface area contributed by atoms with Crippen LogP contribution in [0.2, 0.25) is 5.39 Å². The molecule has 0 aromatic carbocycles. The summed E-state index contributed by atoms with van der Waals surface area (Å²) in [7, 11) is -3.63. The topological polar surface area (TPSA) is 63.2 Å². The van der Waals surface area contributed by atoms with Crippen LogP contribution in [-0.4, -0.2) is 0 Å². The molecule has 5 heteroatoms. The Hall–Kier alpha value is 0.644. The van der Waals surface area contributed by atoms with Gasteiger partial charge in [0.15, 0.2) is 0 Å². The molecule has 0 saturated carbocycles. The SMILES string of the molecule is CCC[CH2][Ni+2].O=[PH]([O-])[O-]. The summed E-state index contributed by atoms with van der Waals surface area (Å²) in [6, 6.07) is 0. The molecule has 0 unspecified atom stereocenters. The molecule has 0 amide bonds. The third kappa shape index (κ3) is 54.6. The minimum atomic E-state index is -3.63. The van der Waals surface area contributed by atoms with Crippen LogP contribution in [0.15, 0.2) is 0 Å². The molecule has 0 aliphatic heterocycles. The van der Waals surface area contributed by atoms with Gasteiger partial charge in [0.25, 0.3) is 0 Å². The number of hydrogen-bond donors (Lipinski definition) is 0. The van der Waals surface area contributed by atoms with E-state index < -0.39 is 8.25 Å². The minimum Gasteiger partial charge on any atom is -0.813 e. The number of unbranched alkanes of at least 4 members (excludes halogenated alkanes) is 1. The van der Waals surface area contributed by atoms with E-state index in [1.807, 2.05) is 0 Å². The monoisotopic (exact) mass is 195 g/mol. The summed E-state index contributed by atoms with van der Waals surface area (Å²) >= 11 is 4.41. The van der Waals surface area contributed by atoms with E-state index in [1.54, 1.807) is 0 Å². The van der Waals surface area contributed by atoms with E-state index in [0.717, 1.165) is 5.39 Å². The Morgan fingerprint density at radius 1 is 1.56 bits per heavy atom. The van der Waals surface area contributed by atoms with E-state index in [0.29, 0.717) is 0 Å². The van der Waals surface area contributed by atoms with Crippen LogP contribution >= 0.6 is 8.25 Å². The average molecular weight is 196 g/mol. The van der Waals surface area contributed by atoms with Gasteiger partial charge in [0, 0.05) is 0 Å². The second-order valence-corrected chi connectivity index (χ2v) is 2.26. The summed E-state index contributed by atoms with van der Waals surface area (Å²) in [5.41, 5.74) is 0. The Balaban J connectivity index is 0. The summed E-state index contributed by atoms with van der Waals surface area (Å²) in [4.78, 5) is 17.0. The molecule has 9 heavy (non-hydrogen) atoms. The Morgan fingerprint density at radius 2 is 1.89 bits per heavy atom.